The fraction of sp³-hybridized carbons (Fsp3) is 0.462. The third-order valence-corrected chi connectivity index (χ3v) is 3.54. The van der Waals surface area contributed by atoms with Crippen LogP contribution in [0, 0.1) is 0 Å². The Bertz CT molecular complexity index is 364. The Balaban J connectivity index is 2.63. The third kappa shape index (κ3) is 4.06. The summed E-state index contributed by atoms with van der Waals surface area (Å²) in [4.78, 5) is 12.9. The lowest BCUT2D eigenvalue weighted by molar-refractivity contribution is -0.123. The number of benzene rings is 1. The van der Waals surface area contributed by atoms with Crippen molar-refractivity contribution in [3.05, 3.63) is 29.8 Å². The number of thioether (sulfide) groups is 1. The molecule has 0 fully saturated rings. The van der Waals surface area contributed by atoms with Crippen molar-refractivity contribution < 1.29 is 4.79 Å². The molecule has 1 amide bonds. The number of hydrogen-bond acceptors (Lipinski definition) is 3. The Hall–Kier alpha value is -1.00. The van der Waals surface area contributed by atoms with E-state index in [2.05, 4.69) is 41.2 Å². The van der Waals surface area contributed by atoms with E-state index < -0.39 is 0 Å². The summed E-state index contributed by atoms with van der Waals surface area (Å²) >= 11 is 1.71. The molecule has 3 nitrogen and oxygen atoms in total. The molecule has 0 bridgehead atoms. The molecule has 0 saturated carbocycles. The van der Waals surface area contributed by atoms with Crippen molar-refractivity contribution in [1.82, 2.24) is 10.6 Å². The Morgan fingerprint density at radius 1 is 1.24 bits per heavy atom. The van der Waals surface area contributed by atoms with Gasteiger partial charge in [-0.25, -0.2) is 0 Å². The number of carbonyl (C=O) groups excluding carboxylic acids is 1. The Labute approximate surface area is 107 Å². The summed E-state index contributed by atoms with van der Waals surface area (Å²) in [5.74, 6) is 0.0222. The molecule has 0 radical (unpaired) electrons. The van der Waals surface area contributed by atoms with Gasteiger partial charge in [0.15, 0.2) is 0 Å². The van der Waals surface area contributed by atoms with Gasteiger partial charge >= 0.3 is 0 Å². The van der Waals surface area contributed by atoms with Crippen LogP contribution >= 0.6 is 11.8 Å². The number of rotatable bonds is 5. The van der Waals surface area contributed by atoms with Crippen LogP contribution in [0.25, 0.3) is 0 Å². The minimum atomic E-state index is -0.164. The molecule has 4 heteroatoms. The molecule has 0 aliphatic heterocycles. The molecular formula is C13H20N2OS. The molecule has 0 heterocycles. The molecule has 2 N–H and O–H groups in total. The van der Waals surface area contributed by atoms with E-state index in [4.69, 9.17) is 0 Å². The predicted octanol–water partition coefficient (Wildman–Crippen LogP) is 2.19. The van der Waals surface area contributed by atoms with Gasteiger partial charge in [0, 0.05) is 4.90 Å². The van der Waals surface area contributed by atoms with Crippen LogP contribution in [0.15, 0.2) is 29.2 Å². The lowest BCUT2D eigenvalue weighted by atomic mass is 10.1. The summed E-state index contributed by atoms with van der Waals surface area (Å²) < 4.78 is 0. The summed E-state index contributed by atoms with van der Waals surface area (Å²) in [6.45, 7) is 3.84. The van der Waals surface area contributed by atoms with Gasteiger partial charge in [-0.15, -0.1) is 11.8 Å². The fourth-order valence-electron chi connectivity index (χ4n) is 1.45. The zero-order valence-corrected chi connectivity index (χ0v) is 11.6. The summed E-state index contributed by atoms with van der Waals surface area (Å²) in [5, 5.41) is 5.90. The van der Waals surface area contributed by atoms with Crippen molar-refractivity contribution in [3.8, 4) is 0 Å². The molecule has 1 aromatic carbocycles. The summed E-state index contributed by atoms with van der Waals surface area (Å²) in [5.41, 5.74) is 1.12. The van der Waals surface area contributed by atoms with Crippen LogP contribution in [-0.2, 0) is 4.79 Å². The van der Waals surface area contributed by atoms with Gasteiger partial charge in [-0.3, -0.25) is 4.79 Å². The first-order valence-electron chi connectivity index (χ1n) is 5.70. The number of nitrogens with one attached hydrogen (secondary N) is 2. The van der Waals surface area contributed by atoms with Crippen molar-refractivity contribution in [2.24, 2.45) is 0 Å². The third-order valence-electron chi connectivity index (χ3n) is 2.80. The minimum Gasteiger partial charge on any atom is -0.348 e. The van der Waals surface area contributed by atoms with E-state index in [0.717, 1.165) is 5.56 Å². The lowest BCUT2D eigenvalue weighted by Crippen LogP contribution is -2.41. The smallest absolute Gasteiger partial charge is 0.237 e. The van der Waals surface area contributed by atoms with Crippen LogP contribution in [0.1, 0.15) is 25.5 Å². The molecule has 94 valence electrons. The zero-order valence-electron chi connectivity index (χ0n) is 10.8. The molecule has 0 aliphatic carbocycles. The van der Waals surface area contributed by atoms with Crippen LogP contribution in [-0.4, -0.2) is 25.3 Å². The second-order valence-electron chi connectivity index (χ2n) is 4.01. The van der Waals surface area contributed by atoms with Gasteiger partial charge in [0.2, 0.25) is 5.91 Å². The molecule has 0 aromatic heterocycles. The minimum absolute atomic E-state index is 0.0222. The van der Waals surface area contributed by atoms with Gasteiger partial charge in [-0.2, -0.15) is 0 Å². The number of hydrogen-bond donors (Lipinski definition) is 2. The fourth-order valence-corrected chi connectivity index (χ4v) is 1.85. The summed E-state index contributed by atoms with van der Waals surface area (Å²) in [7, 11) is 1.78. The highest BCUT2D eigenvalue weighted by Gasteiger charge is 2.14. The monoisotopic (exact) mass is 252 g/mol. The quantitative estimate of drug-likeness (QED) is 0.789. The van der Waals surface area contributed by atoms with Crippen LogP contribution in [0.4, 0.5) is 0 Å². The van der Waals surface area contributed by atoms with Gasteiger partial charge in [-0.1, -0.05) is 12.1 Å². The van der Waals surface area contributed by atoms with Crippen molar-refractivity contribution in [3.63, 3.8) is 0 Å². The standard InChI is InChI=1S/C13H20N2OS/c1-9(15-13(16)10(2)14-3)11-5-7-12(17-4)8-6-11/h5-10,14H,1-4H3,(H,15,16). The molecule has 2 unspecified atom stereocenters. The maximum Gasteiger partial charge on any atom is 0.237 e. The number of amides is 1. The second-order valence-corrected chi connectivity index (χ2v) is 4.89. The van der Waals surface area contributed by atoms with Gasteiger partial charge in [-0.05, 0) is 44.8 Å². The van der Waals surface area contributed by atoms with Gasteiger partial charge in [0.05, 0.1) is 12.1 Å². The van der Waals surface area contributed by atoms with Crippen molar-refractivity contribution in [1.29, 1.82) is 0 Å². The van der Waals surface area contributed by atoms with E-state index in [1.54, 1.807) is 18.8 Å². The zero-order chi connectivity index (χ0) is 12.8. The Kier molecular flexibility index (Phi) is 5.51. The highest BCUT2D eigenvalue weighted by molar-refractivity contribution is 7.98. The van der Waals surface area contributed by atoms with E-state index in [1.165, 1.54) is 4.90 Å². The molecule has 0 spiro atoms. The maximum absolute atomic E-state index is 11.7. The average Bonchev–Trinajstić information content (AvgIpc) is 2.37. The average molecular weight is 252 g/mol. The first-order valence-corrected chi connectivity index (χ1v) is 6.92. The normalized spacial score (nSPS) is 14.1. The van der Waals surface area contributed by atoms with Crippen molar-refractivity contribution in [2.45, 2.75) is 30.8 Å². The molecule has 1 rings (SSSR count). The Morgan fingerprint density at radius 2 is 1.82 bits per heavy atom. The van der Waals surface area contributed by atoms with Crippen LogP contribution in [0.2, 0.25) is 0 Å². The van der Waals surface area contributed by atoms with Crippen LogP contribution in [0.5, 0.6) is 0 Å². The number of likely N-dealkylation sites (N-methyl/N-ethyl adjacent to an activating group) is 1. The number of carbonyl (C=O) groups is 1. The van der Waals surface area contributed by atoms with E-state index in [1.807, 2.05) is 13.8 Å². The molecule has 0 saturated heterocycles. The van der Waals surface area contributed by atoms with E-state index in [0.29, 0.717) is 0 Å². The first kappa shape index (κ1) is 14.1. The van der Waals surface area contributed by atoms with Gasteiger partial charge in [0.25, 0.3) is 0 Å². The summed E-state index contributed by atoms with van der Waals surface area (Å²) in [6.07, 6.45) is 2.05. The van der Waals surface area contributed by atoms with Crippen molar-refractivity contribution in [2.75, 3.05) is 13.3 Å². The molecule has 0 aliphatic rings. The van der Waals surface area contributed by atoms with E-state index in [-0.39, 0.29) is 18.0 Å². The largest absolute Gasteiger partial charge is 0.348 e. The maximum atomic E-state index is 11.7. The second kappa shape index (κ2) is 6.67. The van der Waals surface area contributed by atoms with Gasteiger partial charge in [0.1, 0.15) is 0 Å². The van der Waals surface area contributed by atoms with E-state index >= 15 is 0 Å². The molecule has 17 heavy (non-hydrogen) atoms. The summed E-state index contributed by atoms with van der Waals surface area (Å²) in [6, 6.07) is 8.13. The lowest BCUT2D eigenvalue weighted by Gasteiger charge is -2.17. The molecule has 2 atom stereocenters. The predicted molar refractivity (Wildman–Crippen MR) is 73.3 cm³/mol. The van der Waals surface area contributed by atoms with Gasteiger partial charge < -0.3 is 10.6 Å². The highest BCUT2D eigenvalue weighted by atomic mass is 32.2. The SMILES string of the molecule is CNC(C)C(=O)NC(C)c1ccc(SC)cc1. The van der Waals surface area contributed by atoms with E-state index in [9.17, 15) is 4.79 Å². The van der Waals surface area contributed by atoms with Crippen molar-refractivity contribution >= 4 is 17.7 Å². The molecule has 1 aromatic rings. The highest BCUT2D eigenvalue weighted by Crippen LogP contribution is 2.18. The van der Waals surface area contributed by atoms with Crippen LogP contribution in [0.3, 0.4) is 0 Å². The topological polar surface area (TPSA) is 41.1 Å². The van der Waals surface area contributed by atoms with Crippen LogP contribution < -0.4 is 10.6 Å². The first-order chi connectivity index (χ1) is 8.08. The molecular weight excluding hydrogens is 232 g/mol. The Morgan fingerprint density at radius 3 is 2.29 bits per heavy atom.